The van der Waals surface area contributed by atoms with Crippen LogP contribution < -0.4 is 10.9 Å². The summed E-state index contributed by atoms with van der Waals surface area (Å²) in [5.74, 6) is -0.139. The first-order valence-corrected chi connectivity index (χ1v) is 8.91. The van der Waals surface area contributed by atoms with Gasteiger partial charge in [0.2, 0.25) is 0 Å². The molecule has 1 aromatic carbocycles. The molecule has 0 saturated heterocycles. The number of hydrogen-bond acceptors (Lipinski definition) is 4. The molecule has 132 valence electrons. The van der Waals surface area contributed by atoms with E-state index < -0.39 is 0 Å². The van der Waals surface area contributed by atoms with Gasteiger partial charge in [0.25, 0.3) is 11.5 Å². The minimum Gasteiger partial charge on any atom is -0.348 e. The fourth-order valence-electron chi connectivity index (χ4n) is 3.66. The molecular formula is C20H20N4O2. The first-order valence-electron chi connectivity index (χ1n) is 8.91. The lowest BCUT2D eigenvalue weighted by Gasteiger charge is -2.29. The maximum Gasteiger partial charge on any atom is 0.270 e. The Kier molecular flexibility index (Phi) is 4.48. The quantitative estimate of drug-likeness (QED) is 0.789. The molecular weight excluding hydrogens is 328 g/mol. The number of nitrogens with one attached hydrogen (secondary N) is 1. The highest BCUT2D eigenvalue weighted by molar-refractivity contribution is 6.05. The van der Waals surface area contributed by atoms with Gasteiger partial charge in [0.05, 0.1) is 6.04 Å². The Morgan fingerprint density at radius 1 is 1.00 bits per heavy atom. The van der Waals surface area contributed by atoms with Gasteiger partial charge in [0.15, 0.2) is 0 Å². The lowest BCUT2D eigenvalue weighted by Crippen LogP contribution is -2.39. The molecule has 0 spiro atoms. The van der Waals surface area contributed by atoms with Crippen molar-refractivity contribution in [1.82, 2.24) is 20.1 Å². The van der Waals surface area contributed by atoms with Gasteiger partial charge in [0.1, 0.15) is 5.69 Å². The lowest BCUT2D eigenvalue weighted by atomic mass is 9.91. The van der Waals surface area contributed by atoms with Crippen LogP contribution in [0.15, 0.2) is 59.7 Å². The van der Waals surface area contributed by atoms with E-state index in [2.05, 4.69) is 15.4 Å². The highest BCUT2D eigenvalue weighted by Gasteiger charge is 2.25. The van der Waals surface area contributed by atoms with Crippen molar-refractivity contribution in [3.63, 3.8) is 0 Å². The molecule has 1 aliphatic rings. The van der Waals surface area contributed by atoms with Crippen molar-refractivity contribution in [3.05, 3.63) is 70.9 Å². The highest BCUT2D eigenvalue weighted by Crippen LogP contribution is 2.27. The van der Waals surface area contributed by atoms with Crippen molar-refractivity contribution >= 4 is 16.7 Å². The van der Waals surface area contributed by atoms with Gasteiger partial charge in [-0.3, -0.25) is 14.6 Å². The normalized spacial score (nSPS) is 20.0. The maximum atomic E-state index is 12.7. The van der Waals surface area contributed by atoms with E-state index in [1.165, 1.54) is 6.07 Å². The second-order valence-electron chi connectivity index (χ2n) is 6.67. The SMILES string of the molecule is O=C(NC1CCC(n2ncccc2=O)CC1)c1nccc2ccccc12. The van der Waals surface area contributed by atoms with E-state index in [0.29, 0.717) is 5.69 Å². The van der Waals surface area contributed by atoms with Gasteiger partial charge in [0, 0.05) is 29.9 Å². The Morgan fingerprint density at radius 2 is 1.81 bits per heavy atom. The third-order valence-electron chi connectivity index (χ3n) is 5.01. The molecule has 1 saturated carbocycles. The van der Waals surface area contributed by atoms with E-state index in [1.807, 2.05) is 30.3 Å². The molecule has 0 unspecified atom stereocenters. The van der Waals surface area contributed by atoms with Gasteiger partial charge in [-0.1, -0.05) is 24.3 Å². The molecule has 1 aliphatic carbocycles. The minimum atomic E-state index is -0.139. The fourth-order valence-corrected chi connectivity index (χ4v) is 3.66. The van der Waals surface area contributed by atoms with Gasteiger partial charge in [-0.2, -0.15) is 5.10 Å². The minimum absolute atomic E-state index is 0.0695. The van der Waals surface area contributed by atoms with Crippen molar-refractivity contribution in [2.24, 2.45) is 0 Å². The van der Waals surface area contributed by atoms with Crippen LogP contribution in [0.25, 0.3) is 10.8 Å². The van der Waals surface area contributed by atoms with Crippen LogP contribution in [0.5, 0.6) is 0 Å². The summed E-state index contributed by atoms with van der Waals surface area (Å²) >= 11 is 0. The van der Waals surface area contributed by atoms with Gasteiger partial charge in [-0.15, -0.1) is 0 Å². The van der Waals surface area contributed by atoms with Crippen molar-refractivity contribution in [1.29, 1.82) is 0 Å². The first kappa shape index (κ1) is 16.4. The number of fused-ring (bicyclic) bond motifs is 1. The molecule has 6 nitrogen and oxygen atoms in total. The largest absolute Gasteiger partial charge is 0.348 e. The Labute approximate surface area is 150 Å². The zero-order valence-corrected chi connectivity index (χ0v) is 14.3. The summed E-state index contributed by atoms with van der Waals surface area (Å²) in [5.41, 5.74) is 0.395. The number of pyridine rings is 1. The van der Waals surface area contributed by atoms with E-state index in [1.54, 1.807) is 23.1 Å². The van der Waals surface area contributed by atoms with E-state index in [4.69, 9.17) is 0 Å². The fraction of sp³-hybridized carbons (Fsp3) is 0.300. The molecule has 1 N–H and O–H groups in total. The standard InChI is InChI=1S/C20H20N4O2/c25-18-6-3-12-22-24(18)16-9-7-15(8-10-16)23-20(26)19-17-5-2-1-4-14(17)11-13-21-19/h1-6,11-13,15-16H,7-10H2,(H,23,26). The van der Waals surface area contributed by atoms with Crippen LogP contribution in [0.4, 0.5) is 0 Å². The van der Waals surface area contributed by atoms with Crippen molar-refractivity contribution in [2.45, 2.75) is 37.8 Å². The van der Waals surface area contributed by atoms with E-state index in [9.17, 15) is 9.59 Å². The van der Waals surface area contributed by atoms with E-state index in [0.717, 1.165) is 36.5 Å². The Hall–Kier alpha value is -3.02. The monoisotopic (exact) mass is 348 g/mol. The average molecular weight is 348 g/mol. The van der Waals surface area contributed by atoms with Crippen LogP contribution >= 0.6 is 0 Å². The van der Waals surface area contributed by atoms with Crippen LogP contribution in [0.1, 0.15) is 42.2 Å². The molecule has 2 aromatic heterocycles. The van der Waals surface area contributed by atoms with Crippen molar-refractivity contribution < 1.29 is 4.79 Å². The summed E-state index contributed by atoms with van der Waals surface area (Å²) in [6, 6.07) is 13.1. The molecule has 26 heavy (non-hydrogen) atoms. The maximum absolute atomic E-state index is 12.7. The van der Waals surface area contributed by atoms with Crippen LogP contribution in [-0.2, 0) is 0 Å². The second kappa shape index (κ2) is 7.07. The Bertz CT molecular complexity index is 985. The van der Waals surface area contributed by atoms with E-state index >= 15 is 0 Å². The first-order chi connectivity index (χ1) is 12.7. The summed E-state index contributed by atoms with van der Waals surface area (Å²) in [6.45, 7) is 0. The third kappa shape index (κ3) is 3.22. The Balaban J connectivity index is 1.43. The molecule has 4 rings (SSSR count). The predicted molar refractivity (Wildman–Crippen MR) is 99.0 cm³/mol. The van der Waals surface area contributed by atoms with Gasteiger partial charge in [-0.25, -0.2) is 4.68 Å². The molecule has 6 heteroatoms. The zero-order chi connectivity index (χ0) is 17.9. The van der Waals surface area contributed by atoms with Crippen LogP contribution in [0, 0.1) is 0 Å². The van der Waals surface area contributed by atoms with E-state index in [-0.39, 0.29) is 23.6 Å². The lowest BCUT2D eigenvalue weighted by molar-refractivity contribution is 0.0918. The van der Waals surface area contributed by atoms with Gasteiger partial charge < -0.3 is 5.32 Å². The number of rotatable bonds is 3. The molecule has 1 fully saturated rings. The molecule has 0 aliphatic heterocycles. The second-order valence-corrected chi connectivity index (χ2v) is 6.67. The number of nitrogens with zero attached hydrogens (tertiary/aromatic N) is 3. The number of amides is 1. The molecule has 3 aromatic rings. The summed E-state index contributed by atoms with van der Waals surface area (Å²) in [6.07, 6.45) is 6.60. The van der Waals surface area contributed by atoms with Crippen molar-refractivity contribution in [3.8, 4) is 0 Å². The van der Waals surface area contributed by atoms with Crippen molar-refractivity contribution in [2.75, 3.05) is 0 Å². The Morgan fingerprint density at radius 3 is 2.62 bits per heavy atom. The number of hydrogen-bond donors (Lipinski definition) is 1. The number of carbonyl (C=O) groups excluding carboxylic acids is 1. The van der Waals surface area contributed by atoms with Gasteiger partial charge >= 0.3 is 0 Å². The van der Waals surface area contributed by atoms with Gasteiger partial charge in [-0.05, 0) is 43.2 Å². The van der Waals surface area contributed by atoms with Crippen LogP contribution in [-0.4, -0.2) is 26.7 Å². The zero-order valence-electron chi connectivity index (χ0n) is 14.3. The highest BCUT2D eigenvalue weighted by atomic mass is 16.2. The average Bonchev–Trinajstić information content (AvgIpc) is 2.68. The molecule has 0 atom stereocenters. The van der Waals surface area contributed by atoms with Crippen LogP contribution in [0.2, 0.25) is 0 Å². The topological polar surface area (TPSA) is 76.9 Å². The molecule has 0 radical (unpaired) electrons. The molecule has 2 heterocycles. The summed E-state index contributed by atoms with van der Waals surface area (Å²) in [7, 11) is 0. The molecule has 0 bridgehead atoms. The number of aromatic nitrogens is 3. The molecule has 1 amide bonds. The van der Waals surface area contributed by atoms with Crippen LogP contribution in [0.3, 0.4) is 0 Å². The summed E-state index contributed by atoms with van der Waals surface area (Å²) < 4.78 is 1.56. The smallest absolute Gasteiger partial charge is 0.270 e. The number of benzene rings is 1. The number of carbonyl (C=O) groups is 1. The summed E-state index contributed by atoms with van der Waals surface area (Å²) in [5, 5.41) is 9.15. The summed E-state index contributed by atoms with van der Waals surface area (Å²) in [4.78, 5) is 28.9. The third-order valence-corrected chi connectivity index (χ3v) is 5.01. The predicted octanol–water partition coefficient (Wildman–Crippen LogP) is 2.71.